The van der Waals surface area contributed by atoms with Crippen LogP contribution in [-0.2, 0) is 11.3 Å². The zero-order valence-corrected chi connectivity index (χ0v) is 14.8. The van der Waals surface area contributed by atoms with Gasteiger partial charge in [-0.3, -0.25) is 4.79 Å². The smallest absolute Gasteiger partial charge is 0.322 e. The lowest BCUT2D eigenvalue weighted by Gasteiger charge is -2.24. The van der Waals surface area contributed by atoms with Gasteiger partial charge in [0.25, 0.3) is 0 Å². The summed E-state index contributed by atoms with van der Waals surface area (Å²) in [5.41, 5.74) is 1.02. The second-order valence-corrected chi connectivity index (χ2v) is 6.53. The Hall–Kier alpha value is -2.60. The highest BCUT2D eigenvalue weighted by Gasteiger charge is 2.34. The van der Waals surface area contributed by atoms with E-state index in [1.165, 1.54) is 11.0 Å². The highest BCUT2D eigenvalue weighted by molar-refractivity contribution is 6.30. The molecule has 1 aliphatic heterocycles. The molecule has 26 heavy (non-hydrogen) atoms. The Morgan fingerprint density at radius 1 is 1.15 bits per heavy atom. The molecule has 1 heterocycles. The van der Waals surface area contributed by atoms with Crippen LogP contribution < -0.4 is 10.6 Å². The van der Waals surface area contributed by atoms with E-state index >= 15 is 0 Å². The van der Waals surface area contributed by atoms with Crippen LogP contribution in [0.5, 0.6) is 0 Å². The van der Waals surface area contributed by atoms with Crippen molar-refractivity contribution < 1.29 is 14.0 Å². The van der Waals surface area contributed by atoms with Gasteiger partial charge in [0.15, 0.2) is 0 Å². The maximum absolute atomic E-state index is 13.7. The second-order valence-electron chi connectivity index (χ2n) is 6.10. The van der Waals surface area contributed by atoms with Gasteiger partial charge in [-0.2, -0.15) is 0 Å². The Balaban J connectivity index is 1.59. The van der Waals surface area contributed by atoms with Gasteiger partial charge in [0, 0.05) is 29.4 Å². The molecule has 7 heteroatoms. The molecule has 0 saturated carbocycles. The van der Waals surface area contributed by atoms with Crippen LogP contribution in [0.15, 0.2) is 48.5 Å². The molecular weight excluding hydrogens is 357 g/mol. The minimum absolute atomic E-state index is 0.0919. The molecule has 2 N–H and O–H groups in total. The minimum Gasteiger partial charge on any atom is -0.350 e. The van der Waals surface area contributed by atoms with E-state index in [-0.39, 0.29) is 24.3 Å². The van der Waals surface area contributed by atoms with Crippen LogP contribution in [0.25, 0.3) is 0 Å². The van der Waals surface area contributed by atoms with Gasteiger partial charge >= 0.3 is 6.03 Å². The Morgan fingerprint density at radius 3 is 2.62 bits per heavy atom. The molecule has 0 radical (unpaired) electrons. The zero-order valence-electron chi connectivity index (χ0n) is 14.0. The van der Waals surface area contributed by atoms with Gasteiger partial charge in [-0.05, 0) is 43.2 Å². The summed E-state index contributed by atoms with van der Waals surface area (Å²) in [5, 5.41) is 6.07. The number of benzene rings is 2. The standard InChI is InChI=1S/C19H19ClFN3O2/c20-14-7-9-15(10-8-14)23-19(26)24-11-3-6-17(24)18(25)22-12-13-4-1-2-5-16(13)21/h1-2,4-5,7-10,17H,3,6,11-12H2,(H,22,25)(H,23,26)/t17-/m0/s1. The molecule has 1 aliphatic rings. The maximum Gasteiger partial charge on any atom is 0.322 e. The fourth-order valence-electron chi connectivity index (χ4n) is 2.95. The third-order valence-electron chi connectivity index (χ3n) is 4.32. The lowest BCUT2D eigenvalue weighted by atomic mass is 10.2. The number of nitrogens with one attached hydrogen (secondary N) is 2. The molecule has 1 atom stereocenters. The SMILES string of the molecule is O=C(NCc1ccccc1F)[C@@H]1CCCN1C(=O)Nc1ccc(Cl)cc1. The van der Waals surface area contributed by atoms with E-state index in [4.69, 9.17) is 11.6 Å². The zero-order chi connectivity index (χ0) is 18.5. The molecule has 0 bridgehead atoms. The van der Waals surface area contributed by atoms with Crippen molar-refractivity contribution in [3.63, 3.8) is 0 Å². The third-order valence-corrected chi connectivity index (χ3v) is 4.57. The summed E-state index contributed by atoms with van der Waals surface area (Å²) in [6, 6.07) is 12.1. The first-order chi connectivity index (χ1) is 12.5. The molecule has 5 nitrogen and oxygen atoms in total. The Kier molecular flexibility index (Phi) is 5.73. The van der Waals surface area contributed by atoms with Gasteiger partial charge in [0.2, 0.25) is 5.91 Å². The maximum atomic E-state index is 13.7. The van der Waals surface area contributed by atoms with Crippen LogP contribution in [0.1, 0.15) is 18.4 Å². The van der Waals surface area contributed by atoms with E-state index in [0.717, 1.165) is 6.42 Å². The van der Waals surface area contributed by atoms with E-state index in [9.17, 15) is 14.0 Å². The average Bonchev–Trinajstić information content (AvgIpc) is 3.13. The van der Waals surface area contributed by atoms with Crippen molar-refractivity contribution in [2.45, 2.75) is 25.4 Å². The third kappa shape index (κ3) is 4.32. The molecule has 0 aliphatic carbocycles. The van der Waals surface area contributed by atoms with Crippen molar-refractivity contribution in [3.8, 4) is 0 Å². The summed E-state index contributed by atoms with van der Waals surface area (Å²) < 4.78 is 13.7. The molecule has 0 unspecified atom stereocenters. The van der Waals surface area contributed by atoms with Crippen molar-refractivity contribution >= 4 is 29.2 Å². The molecule has 0 aromatic heterocycles. The number of rotatable bonds is 4. The summed E-state index contributed by atoms with van der Waals surface area (Å²) in [6.45, 7) is 0.589. The topological polar surface area (TPSA) is 61.4 Å². The quantitative estimate of drug-likeness (QED) is 0.854. The Morgan fingerprint density at radius 2 is 1.88 bits per heavy atom. The van der Waals surface area contributed by atoms with Crippen molar-refractivity contribution in [2.75, 3.05) is 11.9 Å². The van der Waals surface area contributed by atoms with Crippen LogP contribution in [-0.4, -0.2) is 29.4 Å². The van der Waals surface area contributed by atoms with Crippen molar-refractivity contribution in [1.82, 2.24) is 10.2 Å². The predicted molar refractivity (Wildman–Crippen MR) is 98.4 cm³/mol. The van der Waals surface area contributed by atoms with Gasteiger partial charge in [0.05, 0.1) is 0 Å². The molecule has 2 aromatic rings. The van der Waals surface area contributed by atoms with Crippen molar-refractivity contribution in [2.24, 2.45) is 0 Å². The number of urea groups is 1. The van der Waals surface area contributed by atoms with Crippen molar-refractivity contribution in [1.29, 1.82) is 0 Å². The monoisotopic (exact) mass is 375 g/mol. The molecule has 1 saturated heterocycles. The number of hydrogen-bond acceptors (Lipinski definition) is 2. The molecule has 3 amide bonds. The summed E-state index contributed by atoms with van der Waals surface area (Å²) in [4.78, 5) is 26.5. The number of nitrogens with zero attached hydrogens (tertiary/aromatic N) is 1. The Bertz CT molecular complexity index is 798. The average molecular weight is 376 g/mol. The summed E-state index contributed by atoms with van der Waals surface area (Å²) >= 11 is 5.83. The largest absolute Gasteiger partial charge is 0.350 e. The fourth-order valence-corrected chi connectivity index (χ4v) is 3.08. The number of carbonyl (C=O) groups excluding carboxylic acids is 2. The van der Waals surface area contributed by atoms with E-state index in [1.807, 2.05) is 0 Å². The molecule has 136 valence electrons. The minimum atomic E-state index is -0.561. The molecule has 1 fully saturated rings. The number of likely N-dealkylation sites (tertiary alicyclic amines) is 1. The fraction of sp³-hybridized carbons (Fsp3) is 0.263. The first kappa shape index (κ1) is 18.2. The van der Waals surface area contributed by atoms with E-state index in [1.54, 1.807) is 42.5 Å². The lowest BCUT2D eigenvalue weighted by molar-refractivity contribution is -0.124. The van der Waals surface area contributed by atoms with E-state index in [2.05, 4.69) is 10.6 Å². The normalized spacial score (nSPS) is 16.4. The lowest BCUT2D eigenvalue weighted by Crippen LogP contribution is -2.47. The molecule has 0 spiro atoms. The summed E-state index contributed by atoms with van der Waals surface area (Å²) in [5.74, 6) is -0.645. The number of amides is 3. The summed E-state index contributed by atoms with van der Waals surface area (Å²) in [7, 11) is 0. The Labute approximate surface area is 156 Å². The van der Waals surface area contributed by atoms with E-state index < -0.39 is 6.04 Å². The van der Waals surface area contributed by atoms with Gasteiger partial charge in [0.1, 0.15) is 11.9 Å². The van der Waals surface area contributed by atoms with Crippen molar-refractivity contribution in [3.05, 3.63) is 64.9 Å². The van der Waals surface area contributed by atoms with Crippen LogP contribution in [0.4, 0.5) is 14.9 Å². The second kappa shape index (κ2) is 8.19. The predicted octanol–water partition coefficient (Wildman–Crippen LogP) is 3.79. The van der Waals surface area contributed by atoms with Crippen LogP contribution in [0.2, 0.25) is 5.02 Å². The summed E-state index contributed by atoms with van der Waals surface area (Å²) in [6.07, 6.45) is 1.32. The number of halogens is 2. The molecule has 2 aromatic carbocycles. The molecular formula is C19H19ClFN3O2. The van der Waals surface area contributed by atoms with Gasteiger partial charge in [-0.1, -0.05) is 29.8 Å². The van der Waals surface area contributed by atoms with E-state index in [0.29, 0.717) is 29.2 Å². The van der Waals surface area contributed by atoms with Gasteiger partial charge < -0.3 is 15.5 Å². The van der Waals surface area contributed by atoms with Gasteiger partial charge in [-0.25, -0.2) is 9.18 Å². The first-order valence-electron chi connectivity index (χ1n) is 8.39. The number of anilines is 1. The first-order valence-corrected chi connectivity index (χ1v) is 8.76. The number of carbonyl (C=O) groups is 2. The molecule has 3 rings (SSSR count). The van der Waals surface area contributed by atoms with Gasteiger partial charge in [-0.15, -0.1) is 0 Å². The van der Waals surface area contributed by atoms with Crippen LogP contribution >= 0.6 is 11.6 Å². The highest BCUT2D eigenvalue weighted by atomic mass is 35.5. The number of hydrogen-bond donors (Lipinski definition) is 2. The van der Waals surface area contributed by atoms with Crippen LogP contribution in [0, 0.1) is 5.82 Å². The highest BCUT2D eigenvalue weighted by Crippen LogP contribution is 2.20. The van der Waals surface area contributed by atoms with Crippen LogP contribution in [0.3, 0.4) is 0 Å².